The van der Waals surface area contributed by atoms with E-state index in [2.05, 4.69) is 26.1 Å². The molecule has 72 valence electrons. The summed E-state index contributed by atoms with van der Waals surface area (Å²) in [6.07, 6.45) is 1.50. The van der Waals surface area contributed by atoms with Crippen LogP contribution in [0.5, 0.6) is 0 Å². The van der Waals surface area contributed by atoms with Crippen LogP contribution in [0, 0.1) is 5.82 Å². The van der Waals surface area contributed by atoms with Gasteiger partial charge in [0.2, 0.25) is 0 Å². The Morgan fingerprint density at radius 3 is 2.71 bits per heavy atom. The minimum absolute atomic E-state index is 0.326. The number of nitrogens with zero attached hydrogens (tertiary/aromatic N) is 1. The molecule has 0 unspecified atom stereocenters. The number of aromatic amines is 1. The van der Waals surface area contributed by atoms with Gasteiger partial charge in [-0.15, -0.1) is 0 Å². The molecule has 0 aliphatic rings. The molecular weight excluding hydrogens is 249 g/mol. The zero-order chi connectivity index (χ0) is 10.1. The number of aromatic nitrogens is 2. The smallest absolute Gasteiger partial charge is 0.132 e. The summed E-state index contributed by atoms with van der Waals surface area (Å²) in [5.74, 6) is 0.0405. The summed E-state index contributed by atoms with van der Waals surface area (Å²) in [5, 5.41) is 6.29. The van der Waals surface area contributed by atoms with E-state index < -0.39 is 0 Å². The molecule has 5 heteroatoms. The van der Waals surface area contributed by atoms with E-state index in [4.69, 9.17) is 5.73 Å². The fourth-order valence-corrected chi connectivity index (χ4v) is 1.55. The fraction of sp³-hybridized carbons (Fsp3) is 0. The molecule has 0 fully saturated rings. The number of anilines is 1. The van der Waals surface area contributed by atoms with Crippen molar-refractivity contribution < 1.29 is 4.39 Å². The highest BCUT2D eigenvalue weighted by atomic mass is 79.9. The molecule has 0 atom stereocenters. The normalized spacial score (nSPS) is 10.4. The Kier molecular flexibility index (Phi) is 2.25. The number of benzene rings is 1. The monoisotopic (exact) mass is 255 g/mol. The standard InChI is InChI=1S/C9H7BrFN3/c10-5-1-2-6(8(11)3-5)7-4-13-14-9(7)12/h1-4H,(H3,12,13,14). The predicted molar refractivity (Wildman–Crippen MR) is 56.1 cm³/mol. The van der Waals surface area contributed by atoms with Gasteiger partial charge in [-0.05, 0) is 12.1 Å². The van der Waals surface area contributed by atoms with E-state index in [1.807, 2.05) is 0 Å². The number of nitrogens with one attached hydrogen (secondary N) is 1. The van der Waals surface area contributed by atoms with Crippen LogP contribution in [0.1, 0.15) is 0 Å². The third-order valence-electron chi connectivity index (χ3n) is 1.89. The zero-order valence-electron chi connectivity index (χ0n) is 7.09. The van der Waals surface area contributed by atoms with Crippen LogP contribution in [0.15, 0.2) is 28.9 Å². The molecule has 0 spiro atoms. The molecule has 2 rings (SSSR count). The second kappa shape index (κ2) is 3.42. The molecule has 0 aliphatic heterocycles. The van der Waals surface area contributed by atoms with Gasteiger partial charge in [-0.25, -0.2) is 4.39 Å². The second-order valence-corrected chi connectivity index (χ2v) is 3.74. The van der Waals surface area contributed by atoms with Crippen molar-refractivity contribution in [1.29, 1.82) is 0 Å². The van der Waals surface area contributed by atoms with Crippen molar-refractivity contribution >= 4 is 21.7 Å². The summed E-state index contributed by atoms with van der Waals surface area (Å²) in [5.41, 5.74) is 6.61. The van der Waals surface area contributed by atoms with E-state index in [9.17, 15) is 4.39 Å². The topological polar surface area (TPSA) is 54.7 Å². The molecule has 0 saturated carbocycles. The van der Waals surface area contributed by atoms with Crippen molar-refractivity contribution in [3.05, 3.63) is 34.7 Å². The summed E-state index contributed by atoms with van der Waals surface area (Å²) in [6, 6.07) is 4.80. The Bertz CT molecular complexity index is 467. The van der Waals surface area contributed by atoms with Gasteiger partial charge in [-0.1, -0.05) is 22.0 Å². The van der Waals surface area contributed by atoms with Crippen LogP contribution >= 0.6 is 15.9 Å². The fourth-order valence-electron chi connectivity index (χ4n) is 1.22. The summed E-state index contributed by atoms with van der Waals surface area (Å²) in [7, 11) is 0. The SMILES string of the molecule is Nc1[nH]ncc1-c1ccc(Br)cc1F. The van der Waals surface area contributed by atoms with E-state index in [1.165, 1.54) is 12.3 Å². The zero-order valence-corrected chi connectivity index (χ0v) is 8.68. The average molecular weight is 256 g/mol. The molecule has 0 radical (unpaired) electrons. The molecule has 3 N–H and O–H groups in total. The summed E-state index contributed by atoms with van der Waals surface area (Å²) in [6.45, 7) is 0. The molecule has 14 heavy (non-hydrogen) atoms. The molecule has 0 bridgehead atoms. The van der Waals surface area contributed by atoms with E-state index in [-0.39, 0.29) is 5.82 Å². The molecular formula is C9H7BrFN3. The molecule has 0 aliphatic carbocycles. The van der Waals surface area contributed by atoms with Crippen molar-refractivity contribution in [2.24, 2.45) is 0 Å². The summed E-state index contributed by atoms with van der Waals surface area (Å²) < 4.78 is 14.2. The van der Waals surface area contributed by atoms with E-state index in [0.29, 0.717) is 21.4 Å². The molecule has 1 heterocycles. The number of rotatable bonds is 1. The molecule has 3 nitrogen and oxygen atoms in total. The number of H-pyrrole nitrogens is 1. The maximum absolute atomic E-state index is 13.5. The lowest BCUT2D eigenvalue weighted by Crippen LogP contribution is -1.89. The Morgan fingerprint density at radius 2 is 2.14 bits per heavy atom. The first-order chi connectivity index (χ1) is 6.68. The van der Waals surface area contributed by atoms with Crippen molar-refractivity contribution in [3.63, 3.8) is 0 Å². The van der Waals surface area contributed by atoms with Gasteiger partial charge in [0, 0.05) is 15.6 Å². The highest BCUT2D eigenvalue weighted by molar-refractivity contribution is 9.10. The van der Waals surface area contributed by atoms with Crippen molar-refractivity contribution in [2.75, 3.05) is 5.73 Å². The van der Waals surface area contributed by atoms with E-state index >= 15 is 0 Å². The number of nitrogens with two attached hydrogens (primary N) is 1. The Labute approximate surface area is 88.3 Å². The quantitative estimate of drug-likeness (QED) is 0.823. The van der Waals surface area contributed by atoms with Crippen LogP contribution < -0.4 is 5.73 Å². The third kappa shape index (κ3) is 1.50. The minimum Gasteiger partial charge on any atom is -0.384 e. The van der Waals surface area contributed by atoms with Crippen molar-refractivity contribution in [1.82, 2.24) is 10.2 Å². The number of halogens is 2. The number of hydrogen-bond donors (Lipinski definition) is 2. The largest absolute Gasteiger partial charge is 0.384 e. The maximum atomic E-state index is 13.5. The lowest BCUT2D eigenvalue weighted by molar-refractivity contribution is 0.630. The van der Waals surface area contributed by atoms with Crippen molar-refractivity contribution in [3.8, 4) is 11.1 Å². The highest BCUT2D eigenvalue weighted by Gasteiger charge is 2.09. The van der Waals surface area contributed by atoms with Crippen LogP contribution in [-0.4, -0.2) is 10.2 Å². The Hall–Kier alpha value is -1.36. The molecule has 1 aromatic carbocycles. The van der Waals surface area contributed by atoms with Gasteiger partial charge in [-0.2, -0.15) is 5.10 Å². The van der Waals surface area contributed by atoms with Crippen LogP contribution in [0.25, 0.3) is 11.1 Å². The molecule has 0 amide bonds. The third-order valence-corrected chi connectivity index (χ3v) is 2.38. The van der Waals surface area contributed by atoms with Crippen LogP contribution in [-0.2, 0) is 0 Å². The first-order valence-corrected chi connectivity index (χ1v) is 4.72. The Balaban J connectivity index is 2.58. The second-order valence-electron chi connectivity index (χ2n) is 2.82. The van der Waals surface area contributed by atoms with Crippen LogP contribution in [0.2, 0.25) is 0 Å². The highest BCUT2D eigenvalue weighted by Crippen LogP contribution is 2.28. The van der Waals surface area contributed by atoms with Gasteiger partial charge in [-0.3, -0.25) is 5.10 Å². The molecule has 0 saturated heterocycles. The predicted octanol–water partition coefficient (Wildman–Crippen LogP) is 2.56. The number of nitrogen functional groups attached to an aromatic ring is 1. The first kappa shape index (κ1) is 9.21. The van der Waals surface area contributed by atoms with Crippen LogP contribution in [0.4, 0.5) is 10.2 Å². The summed E-state index contributed by atoms with van der Waals surface area (Å²) in [4.78, 5) is 0. The number of hydrogen-bond acceptors (Lipinski definition) is 2. The summed E-state index contributed by atoms with van der Waals surface area (Å²) >= 11 is 3.18. The minimum atomic E-state index is -0.326. The first-order valence-electron chi connectivity index (χ1n) is 3.93. The molecule has 1 aromatic heterocycles. The maximum Gasteiger partial charge on any atom is 0.132 e. The molecule has 2 aromatic rings. The lowest BCUT2D eigenvalue weighted by Gasteiger charge is -2.01. The Morgan fingerprint density at radius 1 is 1.36 bits per heavy atom. The lowest BCUT2D eigenvalue weighted by atomic mass is 10.1. The van der Waals surface area contributed by atoms with Gasteiger partial charge in [0.05, 0.1) is 6.20 Å². The van der Waals surface area contributed by atoms with Gasteiger partial charge in [0.15, 0.2) is 0 Å². The van der Waals surface area contributed by atoms with Gasteiger partial charge in [0.25, 0.3) is 0 Å². The average Bonchev–Trinajstić information content (AvgIpc) is 2.52. The van der Waals surface area contributed by atoms with Gasteiger partial charge < -0.3 is 5.73 Å². The van der Waals surface area contributed by atoms with E-state index in [1.54, 1.807) is 12.1 Å². The van der Waals surface area contributed by atoms with Gasteiger partial charge >= 0.3 is 0 Å². The van der Waals surface area contributed by atoms with Crippen LogP contribution in [0.3, 0.4) is 0 Å². The van der Waals surface area contributed by atoms with E-state index in [0.717, 1.165) is 0 Å². The van der Waals surface area contributed by atoms with Gasteiger partial charge in [0.1, 0.15) is 11.6 Å². The van der Waals surface area contributed by atoms with Crippen molar-refractivity contribution in [2.45, 2.75) is 0 Å².